The van der Waals surface area contributed by atoms with Crippen molar-refractivity contribution < 1.29 is 9.53 Å². The van der Waals surface area contributed by atoms with Gasteiger partial charge < -0.3 is 4.74 Å². The molecule has 1 aromatic carbocycles. The standard InChI is InChI=1S/C22H24N2O3S/c1-13(2)27-22(26)16-7-5-15(6-8-16)11-24-12-23-20-19(21(24)25)17-9-4-14(3)10-18(17)28-20/h5-8,12-14H,4,9-11H2,1-3H3. The molecule has 0 bridgehead atoms. The van der Waals surface area contributed by atoms with Gasteiger partial charge in [-0.3, -0.25) is 9.36 Å². The van der Waals surface area contributed by atoms with Crippen molar-refractivity contribution in [3.8, 4) is 0 Å². The number of thiophene rings is 1. The second-order valence-electron chi connectivity index (χ2n) is 7.86. The first kappa shape index (κ1) is 18.9. The highest BCUT2D eigenvalue weighted by molar-refractivity contribution is 7.18. The number of carbonyl (C=O) groups is 1. The Morgan fingerprint density at radius 3 is 2.79 bits per heavy atom. The zero-order chi connectivity index (χ0) is 19.8. The van der Waals surface area contributed by atoms with Crippen LogP contribution in [0.4, 0.5) is 0 Å². The Morgan fingerprint density at radius 2 is 2.07 bits per heavy atom. The van der Waals surface area contributed by atoms with Crippen molar-refractivity contribution in [1.82, 2.24) is 9.55 Å². The molecule has 6 heteroatoms. The fourth-order valence-corrected chi connectivity index (χ4v) is 5.04. The van der Waals surface area contributed by atoms with Crippen molar-refractivity contribution in [3.63, 3.8) is 0 Å². The maximum absolute atomic E-state index is 13.1. The highest BCUT2D eigenvalue weighted by Gasteiger charge is 2.23. The molecular weight excluding hydrogens is 372 g/mol. The lowest BCUT2D eigenvalue weighted by Crippen LogP contribution is -2.22. The molecule has 0 aliphatic heterocycles. The molecule has 5 nitrogen and oxygen atoms in total. The van der Waals surface area contributed by atoms with Gasteiger partial charge in [-0.1, -0.05) is 19.1 Å². The molecule has 28 heavy (non-hydrogen) atoms. The molecule has 1 atom stereocenters. The topological polar surface area (TPSA) is 61.2 Å². The van der Waals surface area contributed by atoms with Gasteiger partial charge in [-0.05, 0) is 62.3 Å². The van der Waals surface area contributed by atoms with E-state index in [1.165, 1.54) is 10.4 Å². The maximum Gasteiger partial charge on any atom is 0.338 e. The third kappa shape index (κ3) is 3.61. The van der Waals surface area contributed by atoms with Gasteiger partial charge in [0.05, 0.1) is 29.9 Å². The van der Waals surface area contributed by atoms with Crippen LogP contribution in [0.15, 0.2) is 35.4 Å². The monoisotopic (exact) mass is 396 g/mol. The molecule has 146 valence electrons. The van der Waals surface area contributed by atoms with E-state index in [0.29, 0.717) is 18.0 Å². The van der Waals surface area contributed by atoms with Gasteiger partial charge in [0, 0.05) is 4.88 Å². The molecule has 0 saturated heterocycles. The van der Waals surface area contributed by atoms with Crippen LogP contribution in [0.2, 0.25) is 0 Å². The van der Waals surface area contributed by atoms with Crippen LogP contribution in [0.1, 0.15) is 53.6 Å². The smallest absolute Gasteiger partial charge is 0.338 e. The average Bonchev–Trinajstić information content (AvgIpc) is 3.02. The van der Waals surface area contributed by atoms with E-state index in [2.05, 4.69) is 11.9 Å². The van der Waals surface area contributed by atoms with Gasteiger partial charge in [-0.15, -0.1) is 11.3 Å². The second kappa shape index (κ2) is 7.51. The van der Waals surface area contributed by atoms with Crippen LogP contribution in [0.25, 0.3) is 10.2 Å². The van der Waals surface area contributed by atoms with E-state index >= 15 is 0 Å². The van der Waals surface area contributed by atoms with E-state index in [-0.39, 0.29) is 17.6 Å². The molecule has 0 N–H and O–H groups in total. The molecular formula is C22H24N2O3S. The average molecular weight is 397 g/mol. The summed E-state index contributed by atoms with van der Waals surface area (Å²) >= 11 is 1.67. The predicted octanol–water partition coefficient (Wildman–Crippen LogP) is 4.20. The molecule has 0 fully saturated rings. The summed E-state index contributed by atoms with van der Waals surface area (Å²) in [6.45, 7) is 6.35. The first-order valence-corrected chi connectivity index (χ1v) is 10.5. The summed E-state index contributed by atoms with van der Waals surface area (Å²) in [5.41, 5.74) is 2.69. The molecule has 1 aliphatic rings. The molecule has 0 saturated carbocycles. The Balaban J connectivity index is 1.61. The summed E-state index contributed by atoms with van der Waals surface area (Å²) in [6.07, 6.45) is 4.62. The largest absolute Gasteiger partial charge is 0.459 e. The maximum atomic E-state index is 13.1. The van der Waals surface area contributed by atoms with Gasteiger partial charge in [-0.25, -0.2) is 9.78 Å². The highest BCUT2D eigenvalue weighted by Crippen LogP contribution is 2.35. The molecule has 0 radical (unpaired) electrons. The number of fused-ring (bicyclic) bond motifs is 3. The Bertz CT molecular complexity index is 1080. The quantitative estimate of drug-likeness (QED) is 0.620. The number of ether oxygens (including phenoxy) is 1. The number of rotatable bonds is 4. The molecule has 3 aromatic rings. The lowest BCUT2D eigenvalue weighted by molar-refractivity contribution is 0.0378. The lowest BCUT2D eigenvalue weighted by Gasteiger charge is -2.17. The molecule has 0 spiro atoms. The minimum absolute atomic E-state index is 0.0281. The van der Waals surface area contributed by atoms with Crippen molar-refractivity contribution in [2.75, 3.05) is 0 Å². The number of aromatic nitrogens is 2. The van der Waals surface area contributed by atoms with Gasteiger partial charge in [-0.2, -0.15) is 0 Å². The first-order valence-electron chi connectivity index (χ1n) is 9.72. The van der Waals surface area contributed by atoms with Crippen LogP contribution >= 0.6 is 11.3 Å². The normalized spacial score (nSPS) is 16.4. The van der Waals surface area contributed by atoms with Gasteiger partial charge in [0.1, 0.15) is 4.83 Å². The summed E-state index contributed by atoms with van der Waals surface area (Å²) in [4.78, 5) is 31.8. The Kier molecular flexibility index (Phi) is 5.06. The fraction of sp³-hybridized carbons (Fsp3) is 0.409. The minimum atomic E-state index is -0.332. The zero-order valence-electron chi connectivity index (χ0n) is 16.4. The predicted molar refractivity (Wildman–Crippen MR) is 111 cm³/mol. The van der Waals surface area contributed by atoms with Crippen molar-refractivity contribution in [1.29, 1.82) is 0 Å². The van der Waals surface area contributed by atoms with Crippen LogP contribution in [0, 0.1) is 5.92 Å². The SMILES string of the molecule is CC1CCc2c(sc3ncn(Cc4ccc(C(=O)OC(C)C)cc4)c(=O)c23)C1. The molecule has 2 aromatic heterocycles. The van der Waals surface area contributed by atoms with Crippen LogP contribution in [-0.2, 0) is 24.1 Å². The number of carbonyl (C=O) groups excluding carboxylic acids is 1. The number of aryl methyl sites for hydroxylation is 1. The fourth-order valence-electron chi connectivity index (χ4n) is 3.70. The number of esters is 1. The van der Waals surface area contributed by atoms with Crippen molar-refractivity contribution in [2.24, 2.45) is 5.92 Å². The van der Waals surface area contributed by atoms with E-state index in [4.69, 9.17) is 4.74 Å². The summed E-state index contributed by atoms with van der Waals surface area (Å²) in [6, 6.07) is 7.20. The van der Waals surface area contributed by atoms with E-state index in [1.807, 2.05) is 26.0 Å². The van der Waals surface area contributed by atoms with Crippen molar-refractivity contribution in [3.05, 3.63) is 62.5 Å². The van der Waals surface area contributed by atoms with Crippen LogP contribution in [0.5, 0.6) is 0 Å². The minimum Gasteiger partial charge on any atom is -0.459 e. The number of hydrogen-bond acceptors (Lipinski definition) is 5. The van der Waals surface area contributed by atoms with Gasteiger partial charge >= 0.3 is 5.97 Å². The first-order chi connectivity index (χ1) is 13.4. The van der Waals surface area contributed by atoms with Gasteiger partial charge in [0.25, 0.3) is 5.56 Å². The van der Waals surface area contributed by atoms with Crippen molar-refractivity contribution >= 4 is 27.5 Å². The molecule has 1 unspecified atom stereocenters. The Labute approximate surface area is 168 Å². The Morgan fingerprint density at radius 1 is 1.32 bits per heavy atom. The highest BCUT2D eigenvalue weighted by atomic mass is 32.1. The third-order valence-electron chi connectivity index (χ3n) is 5.17. The second-order valence-corrected chi connectivity index (χ2v) is 8.94. The number of nitrogens with zero attached hydrogens (tertiary/aromatic N) is 2. The Hall–Kier alpha value is -2.47. The third-order valence-corrected chi connectivity index (χ3v) is 6.33. The summed E-state index contributed by atoms with van der Waals surface area (Å²) in [5.74, 6) is 0.338. The zero-order valence-corrected chi connectivity index (χ0v) is 17.2. The summed E-state index contributed by atoms with van der Waals surface area (Å²) in [7, 11) is 0. The van der Waals surface area contributed by atoms with Crippen LogP contribution < -0.4 is 5.56 Å². The molecule has 4 rings (SSSR count). The van der Waals surface area contributed by atoms with E-state index in [1.54, 1.807) is 34.4 Å². The van der Waals surface area contributed by atoms with E-state index < -0.39 is 0 Å². The molecule has 1 aliphatic carbocycles. The summed E-state index contributed by atoms with van der Waals surface area (Å²) in [5, 5.41) is 0.798. The molecule has 0 amide bonds. The van der Waals surface area contributed by atoms with Gasteiger partial charge in [0.2, 0.25) is 0 Å². The summed E-state index contributed by atoms with van der Waals surface area (Å²) < 4.78 is 6.87. The number of benzene rings is 1. The van der Waals surface area contributed by atoms with E-state index in [0.717, 1.165) is 35.0 Å². The van der Waals surface area contributed by atoms with E-state index in [9.17, 15) is 9.59 Å². The lowest BCUT2D eigenvalue weighted by atomic mass is 9.89. The molecule has 2 heterocycles. The van der Waals surface area contributed by atoms with Crippen molar-refractivity contribution in [2.45, 2.75) is 52.7 Å². The van der Waals surface area contributed by atoms with Crippen LogP contribution in [-0.4, -0.2) is 21.6 Å². The van der Waals surface area contributed by atoms with Crippen LogP contribution in [0.3, 0.4) is 0 Å². The number of hydrogen-bond donors (Lipinski definition) is 0. The van der Waals surface area contributed by atoms with Gasteiger partial charge in [0.15, 0.2) is 0 Å².